The van der Waals surface area contributed by atoms with Crippen LogP contribution in [0, 0.1) is 5.41 Å². The predicted octanol–water partition coefficient (Wildman–Crippen LogP) is 3.73. The molecule has 1 aliphatic carbocycles. The van der Waals surface area contributed by atoms with Gasteiger partial charge in [-0.25, -0.2) is 4.68 Å². The molecule has 0 unspecified atom stereocenters. The van der Waals surface area contributed by atoms with Crippen LogP contribution in [0.1, 0.15) is 51.6 Å². The number of Topliss-reactive ketones (excluding diaryl/α,β-unsaturated/α-hetero) is 1. The van der Waals surface area contributed by atoms with Crippen molar-refractivity contribution in [3.63, 3.8) is 0 Å². The number of fused-ring (bicyclic) bond motifs is 1. The fourth-order valence-electron chi connectivity index (χ4n) is 3.89. The van der Waals surface area contributed by atoms with E-state index >= 15 is 0 Å². The van der Waals surface area contributed by atoms with E-state index in [1.807, 2.05) is 24.3 Å². The topological polar surface area (TPSA) is 69.0 Å². The Hall–Kier alpha value is -2.63. The van der Waals surface area contributed by atoms with Gasteiger partial charge >= 0.3 is 0 Å². The first-order chi connectivity index (χ1) is 12.5. The summed E-state index contributed by atoms with van der Waals surface area (Å²) in [6, 6.07) is 7.61. The Kier molecular flexibility index (Phi) is 4.05. The van der Waals surface area contributed by atoms with E-state index in [2.05, 4.69) is 36.2 Å². The number of ketones is 1. The Bertz CT molecular complexity index is 881. The van der Waals surface area contributed by atoms with Crippen molar-refractivity contribution < 1.29 is 9.53 Å². The van der Waals surface area contributed by atoms with Gasteiger partial charge in [-0.3, -0.25) is 4.79 Å². The first-order valence-electron chi connectivity index (χ1n) is 9.14. The van der Waals surface area contributed by atoms with Crippen LogP contribution < -0.4 is 10.1 Å². The summed E-state index contributed by atoms with van der Waals surface area (Å²) in [5, 5.41) is 7.73. The van der Waals surface area contributed by atoms with E-state index in [1.165, 1.54) is 6.33 Å². The highest BCUT2D eigenvalue weighted by atomic mass is 16.5. The van der Waals surface area contributed by atoms with Crippen molar-refractivity contribution >= 4 is 11.7 Å². The molecule has 136 valence electrons. The number of nitrogens with zero attached hydrogens (tertiary/aromatic N) is 3. The minimum atomic E-state index is -0.305. The van der Waals surface area contributed by atoms with Crippen LogP contribution in [0.2, 0.25) is 0 Å². The summed E-state index contributed by atoms with van der Waals surface area (Å²) >= 11 is 0. The number of benzene rings is 1. The van der Waals surface area contributed by atoms with Crippen LogP contribution in [0.5, 0.6) is 5.75 Å². The molecule has 1 aliphatic heterocycles. The van der Waals surface area contributed by atoms with Crippen LogP contribution in [-0.4, -0.2) is 27.2 Å². The number of hydrogen-bond acceptors (Lipinski definition) is 5. The summed E-state index contributed by atoms with van der Waals surface area (Å²) in [5.74, 6) is 1.64. The van der Waals surface area contributed by atoms with E-state index in [9.17, 15) is 4.79 Å². The monoisotopic (exact) mass is 352 g/mol. The Balaban J connectivity index is 1.87. The normalized spacial score (nSPS) is 21.0. The number of allylic oxidation sites excluding steroid dienone is 2. The molecule has 2 heterocycles. The molecule has 6 heteroatoms. The second-order valence-corrected chi connectivity index (χ2v) is 7.78. The second-order valence-electron chi connectivity index (χ2n) is 7.78. The smallest absolute Gasteiger partial charge is 0.226 e. The highest BCUT2D eigenvalue weighted by molar-refractivity contribution is 6.00. The number of carbonyl (C=O) groups excluding carboxylic acids is 1. The molecule has 0 amide bonds. The van der Waals surface area contributed by atoms with Gasteiger partial charge in [-0.15, -0.1) is 0 Å². The van der Waals surface area contributed by atoms with Gasteiger partial charge in [-0.2, -0.15) is 10.1 Å². The SMILES string of the molecule is CCCOc1ccccc1[C@H]1C2=C(CC(C)(C)CC2=O)Nc2ncnn21. The summed E-state index contributed by atoms with van der Waals surface area (Å²) in [7, 11) is 0. The average molecular weight is 352 g/mol. The van der Waals surface area contributed by atoms with Crippen LogP contribution in [-0.2, 0) is 4.79 Å². The van der Waals surface area contributed by atoms with Crippen molar-refractivity contribution in [2.45, 2.75) is 46.1 Å². The van der Waals surface area contributed by atoms with Crippen molar-refractivity contribution in [2.75, 3.05) is 11.9 Å². The molecule has 1 N–H and O–H groups in total. The molecular formula is C20H24N4O2. The summed E-state index contributed by atoms with van der Waals surface area (Å²) in [6.07, 6.45) is 3.80. The molecular weight excluding hydrogens is 328 g/mol. The molecule has 2 aliphatic rings. The number of carbonyl (C=O) groups is 1. The zero-order valence-electron chi connectivity index (χ0n) is 15.5. The van der Waals surface area contributed by atoms with Gasteiger partial charge in [0.2, 0.25) is 5.95 Å². The van der Waals surface area contributed by atoms with Crippen LogP contribution in [0.3, 0.4) is 0 Å². The predicted molar refractivity (Wildman–Crippen MR) is 99.1 cm³/mol. The van der Waals surface area contributed by atoms with Crippen LogP contribution >= 0.6 is 0 Å². The van der Waals surface area contributed by atoms with Crippen molar-refractivity contribution in [1.29, 1.82) is 0 Å². The van der Waals surface area contributed by atoms with Crippen molar-refractivity contribution in [2.24, 2.45) is 5.41 Å². The minimum Gasteiger partial charge on any atom is -0.493 e. The average Bonchev–Trinajstić information content (AvgIpc) is 3.05. The number of aromatic nitrogens is 3. The molecule has 0 saturated heterocycles. The number of nitrogens with one attached hydrogen (secondary N) is 1. The minimum absolute atomic E-state index is 0.0616. The van der Waals surface area contributed by atoms with E-state index in [1.54, 1.807) is 4.68 Å². The number of anilines is 1. The Morgan fingerprint density at radius 2 is 2.12 bits per heavy atom. The van der Waals surface area contributed by atoms with Gasteiger partial charge in [0.15, 0.2) is 5.78 Å². The number of ether oxygens (including phenoxy) is 1. The molecule has 1 atom stereocenters. The lowest BCUT2D eigenvalue weighted by Crippen LogP contribution is -2.36. The van der Waals surface area contributed by atoms with E-state index in [0.29, 0.717) is 19.0 Å². The number of hydrogen-bond donors (Lipinski definition) is 1. The molecule has 0 spiro atoms. The molecule has 26 heavy (non-hydrogen) atoms. The molecule has 0 fully saturated rings. The van der Waals surface area contributed by atoms with Crippen molar-refractivity contribution in [1.82, 2.24) is 14.8 Å². The van der Waals surface area contributed by atoms with Crippen LogP contribution in [0.25, 0.3) is 0 Å². The first-order valence-corrected chi connectivity index (χ1v) is 9.14. The van der Waals surface area contributed by atoms with E-state index in [-0.39, 0.29) is 17.2 Å². The zero-order valence-corrected chi connectivity index (χ0v) is 15.5. The molecule has 0 bridgehead atoms. The maximum Gasteiger partial charge on any atom is 0.226 e. The number of rotatable bonds is 4. The van der Waals surface area contributed by atoms with Gasteiger partial charge in [0.05, 0.1) is 6.61 Å². The number of para-hydroxylation sites is 1. The molecule has 2 aromatic rings. The highest BCUT2D eigenvalue weighted by Crippen LogP contribution is 2.46. The lowest BCUT2D eigenvalue weighted by Gasteiger charge is -2.38. The third-order valence-corrected chi connectivity index (χ3v) is 4.95. The Morgan fingerprint density at radius 1 is 1.31 bits per heavy atom. The van der Waals surface area contributed by atoms with Gasteiger partial charge in [0.1, 0.15) is 18.1 Å². The van der Waals surface area contributed by atoms with Crippen molar-refractivity contribution in [3.05, 3.63) is 47.4 Å². The molecule has 0 saturated carbocycles. The third-order valence-electron chi connectivity index (χ3n) is 4.95. The quantitative estimate of drug-likeness (QED) is 0.908. The molecule has 6 nitrogen and oxygen atoms in total. The fourth-order valence-corrected chi connectivity index (χ4v) is 3.89. The van der Waals surface area contributed by atoms with E-state index in [0.717, 1.165) is 35.4 Å². The summed E-state index contributed by atoms with van der Waals surface area (Å²) in [4.78, 5) is 17.4. The zero-order chi connectivity index (χ0) is 18.3. The fraction of sp³-hybridized carbons (Fsp3) is 0.450. The van der Waals surface area contributed by atoms with Gasteiger partial charge in [-0.05, 0) is 24.3 Å². The highest BCUT2D eigenvalue weighted by Gasteiger charge is 2.42. The molecule has 4 rings (SSSR count). The van der Waals surface area contributed by atoms with E-state index in [4.69, 9.17) is 4.74 Å². The standard InChI is InChI=1S/C20H24N4O2/c1-4-9-26-16-8-6-5-7-13(16)18-17-14(10-20(2,3)11-15(17)25)23-19-21-12-22-24(18)19/h5-8,12,18H,4,9-11H2,1-3H3,(H,21,22,23)/t18-/m0/s1. The maximum atomic E-state index is 13.1. The third kappa shape index (κ3) is 2.79. The first kappa shape index (κ1) is 16.8. The van der Waals surface area contributed by atoms with Crippen molar-refractivity contribution in [3.8, 4) is 5.75 Å². The largest absolute Gasteiger partial charge is 0.493 e. The molecule has 1 aromatic carbocycles. The Labute approximate surface area is 153 Å². The maximum absolute atomic E-state index is 13.1. The van der Waals surface area contributed by atoms with Gasteiger partial charge in [-0.1, -0.05) is 39.0 Å². The lowest BCUT2D eigenvalue weighted by molar-refractivity contribution is -0.118. The van der Waals surface area contributed by atoms with Crippen LogP contribution in [0.15, 0.2) is 41.9 Å². The lowest BCUT2D eigenvalue weighted by atomic mass is 9.73. The molecule has 0 radical (unpaired) electrons. The van der Waals surface area contributed by atoms with Gasteiger partial charge in [0.25, 0.3) is 0 Å². The molecule has 1 aromatic heterocycles. The summed E-state index contributed by atoms with van der Waals surface area (Å²) < 4.78 is 7.77. The second kappa shape index (κ2) is 6.27. The van der Waals surface area contributed by atoms with Gasteiger partial charge in [0, 0.05) is 23.3 Å². The Morgan fingerprint density at radius 3 is 2.92 bits per heavy atom. The van der Waals surface area contributed by atoms with E-state index < -0.39 is 0 Å². The summed E-state index contributed by atoms with van der Waals surface area (Å²) in [5.41, 5.74) is 2.64. The van der Waals surface area contributed by atoms with Crippen LogP contribution in [0.4, 0.5) is 5.95 Å². The van der Waals surface area contributed by atoms with Gasteiger partial charge < -0.3 is 10.1 Å². The summed E-state index contributed by atoms with van der Waals surface area (Å²) in [6.45, 7) is 6.97.